The first-order chi connectivity index (χ1) is 10.3. The third-order valence-electron chi connectivity index (χ3n) is 3.73. The highest BCUT2D eigenvalue weighted by Gasteiger charge is 2.17. The molecule has 0 amide bonds. The molecule has 0 spiro atoms. The molecule has 1 aromatic heterocycles. The van der Waals surface area contributed by atoms with E-state index in [9.17, 15) is 0 Å². The number of ether oxygens (including phenoxy) is 2. The predicted octanol–water partition coefficient (Wildman–Crippen LogP) is 3.40. The number of pyridine rings is 1. The minimum atomic E-state index is -0.341. The highest BCUT2D eigenvalue weighted by molar-refractivity contribution is 5.74. The van der Waals surface area contributed by atoms with Gasteiger partial charge in [-0.3, -0.25) is 4.98 Å². The summed E-state index contributed by atoms with van der Waals surface area (Å²) in [6, 6.07) is 10.3. The van der Waals surface area contributed by atoms with Crippen LogP contribution in [-0.2, 0) is 15.9 Å². The number of rotatable bonds is 5. The number of nitrogens with zero attached hydrogens (tertiary/aromatic N) is 1. The number of hydrogen-bond donors (Lipinski definition) is 1. The Morgan fingerprint density at radius 2 is 2.24 bits per heavy atom. The first-order valence-electron chi connectivity index (χ1n) is 7.30. The second-order valence-corrected chi connectivity index (χ2v) is 5.01. The molecule has 1 aliphatic heterocycles. The SMILES string of the molecule is CCOC(OC)c1ccnc(-c2cccc3c2CCN3)c1. The zero-order chi connectivity index (χ0) is 14.7. The standard InChI is InChI=1S/C17H20N2O2/c1-3-21-17(20-2)12-7-9-19-16(11-12)13-5-4-6-15-14(13)8-10-18-15/h4-7,9,11,17-18H,3,8,10H2,1-2H3. The maximum atomic E-state index is 5.60. The Bertz CT molecular complexity index is 628. The van der Waals surface area contributed by atoms with Crippen LogP contribution in [0, 0.1) is 0 Å². The van der Waals surface area contributed by atoms with Crippen molar-refractivity contribution in [3.63, 3.8) is 0 Å². The normalized spacial score (nSPS) is 14.6. The Labute approximate surface area is 125 Å². The van der Waals surface area contributed by atoms with E-state index in [4.69, 9.17) is 9.47 Å². The number of aromatic nitrogens is 1. The lowest BCUT2D eigenvalue weighted by atomic mass is 10.0. The van der Waals surface area contributed by atoms with Crippen molar-refractivity contribution in [1.82, 2.24) is 4.98 Å². The van der Waals surface area contributed by atoms with Gasteiger partial charge in [-0.1, -0.05) is 12.1 Å². The van der Waals surface area contributed by atoms with Crippen LogP contribution in [0.4, 0.5) is 5.69 Å². The van der Waals surface area contributed by atoms with Crippen molar-refractivity contribution in [3.05, 3.63) is 47.7 Å². The quantitative estimate of drug-likeness (QED) is 0.855. The Balaban J connectivity index is 1.99. The molecule has 4 heteroatoms. The molecule has 1 unspecified atom stereocenters. The number of fused-ring (bicyclic) bond motifs is 1. The maximum Gasteiger partial charge on any atom is 0.183 e. The van der Waals surface area contributed by atoms with Crippen LogP contribution in [-0.4, -0.2) is 25.2 Å². The number of methoxy groups -OCH3 is 1. The van der Waals surface area contributed by atoms with Crippen molar-refractivity contribution < 1.29 is 9.47 Å². The molecule has 2 heterocycles. The fourth-order valence-corrected chi connectivity index (χ4v) is 2.78. The number of anilines is 1. The number of hydrogen-bond acceptors (Lipinski definition) is 4. The highest BCUT2D eigenvalue weighted by Crippen LogP contribution is 2.33. The topological polar surface area (TPSA) is 43.4 Å². The van der Waals surface area contributed by atoms with E-state index in [1.165, 1.54) is 16.8 Å². The van der Waals surface area contributed by atoms with Gasteiger partial charge in [-0.25, -0.2) is 0 Å². The van der Waals surface area contributed by atoms with Gasteiger partial charge in [0.2, 0.25) is 0 Å². The Morgan fingerprint density at radius 3 is 3.05 bits per heavy atom. The van der Waals surface area contributed by atoms with Gasteiger partial charge < -0.3 is 14.8 Å². The smallest absolute Gasteiger partial charge is 0.183 e. The summed E-state index contributed by atoms with van der Waals surface area (Å²) in [5, 5.41) is 3.40. The van der Waals surface area contributed by atoms with E-state index in [2.05, 4.69) is 34.6 Å². The van der Waals surface area contributed by atoms with E-state index in [1.807, 2.05) is 19.2 Å². The zero-order valence-electron chi connectivity index (χ0n) is 12.4. The van der Waals surface area contributed by atoms with Gasteiger partial charge >= 0.3 is 0 Å². The molecular formula is C17H20N2O2. The van der Waals surface area contributed by atoms with E-state index in [0.29, 0.717) is 6.61 Å². The van der Waals surface area contributed by atoms with Crippen molar-refractivity contribution in [3.8, 4) is 11.3 Å². The monoisotopic (exact) mass is 284 g/mol. The summed E-state index contributed by atoms with van der Waals surface area (Å²) >= 11 is 0. The summed E-state index contributed by atoms with van der Waals surface area (Å²) in [6.45, 7) is 3.57. The lowest BCUT2D eigenvalue weighted by Crippen LogP contribution is -2.06. The molecule has 0 radical (unpaired) electrons. The minimum Gasteiger partial charge on any atom is -0.384 e. The van der Waals surface area contributed by atoms with Gasteiger partial charge in [0.25, 0.3) is 0 Å². The van der Waals surface area contributed by atoms with Crippen LogP contribution in [0.1, 0.15) is 24.3 Å². The Hall–Kier alpha value is -1.91. The molecule has 1 N–H and O–H groups in total. The Kier molecular flexibility index (Phi) is 4.18. The lowest BCUT2D eigenvalue weighted by molar-refractivity contribution is -0.124. The van der Waals surface area contributed by atoms with E-state index >= 15 is 0 Å². The van der Waals surface area contributed by atoms with E-state index in [1.54, 1.807) is 7.11 Å². The molecule has 0 fully saturated rings. The zero-order valence-corrected chi connectivity index (χ0v) is 12.4. The molecule has 21 heavy (non-hydrogen) atoms. The first kappa shape index (κ1) is 14.0. The third-order valence-corrected chi connectivity index (χ3v) is 3.73. The number of nitrogens with one attached hydrogen (secondary N) is 1. The molecule has 0 bridgehead atoms. The molecule has 2 aromatic rings. The molecule has 110 valence electrons. The highest BCUT2D eigenvalue weighted by atomic mass is 16.7. The van der Waals surface area contributed by atoms with Crippen LogP contribution in [0.2, 0.25) is 0 Å². The van der Waals surface area contributed by atoms with Crippen LogP contribution in [0.15, 0.2) is 36.5 Å². The van der Waals surface area contributed by atoms with Gasteiger partial charge in [-0.2, -0.15) is 0 Å². The first-order valence-corrected chi connectivity index (χ1v) is 7.30. The molecule has 1 aliphatic rings. The van der Waals surface area contributed by atoms with Gasteiger partial charge in [0, 0.05) is 43.3 Å². The minimum absolute atomic E-state index is 0.341. The molecule has 3 rings (SSSR count). The van der Waals surface area contributed by atoms with Gasteiger partial charge in [-0.15, -0.1) is 0 Å². The molecule has 1 aromatic carbocycles. The van der Waals surface area contributed by atoms with Crippen molar-refractivity contribution in [1.29, 1.82) is 0 Å². The van der Waals surface area contributed by atoms with E-state index < -0.39 is 0 Å². The van der Waals surface area contributed by atoms with Crippen molar-refractivity contribution in [2.45, 2.75) is 19.6 Å². The summed E-state index contributed by atoms with van der Waals surface area (Å²) in [4.78, 5) is 4.53. The average Bonchev–Trinajstić information content (AvgIpc) is 3.01. The summed E-state index contributed by atoms with van der Waals surface area (Å²) in [7, 11) is 1.66. The molecule has 0 saturated heterocycles. The fraction of sp³-hybridized carbons (Fsp3) is 0.353. The maximum absolute atomic E-state index is 5.60. The summed E-state index contributed by atoms with van der Waals surface area (Å²) < 4.78 is 11.0. The van der Waals surface area contributed by atoms with Crippen LogP contribution in [0.5, 0.6) is 0 Å². The van der Waals surface area contributed by atoms with Crippen molar-refractivity contribution >= 4 is 5.69 Å². The third kappa shape index (κ3) is 2.77. The molecule has 1 atom stereocenters. The second-order valence-electron chi connectivity index (χ2n) is 5.01. The van der Waals surface area contributed by atoms with E-state index in [0.717, 1.165) is 24.2 Å². The average molecular weight is 284 g/mol. The van der Waals surface area contributed by atoms with Crippen molar-refractivity contribution in [2.75, 3.05) is 25.6 Å². The molecule has 4 nitrogen and oxygen atoms in total. The van der Waals surface area contributed by atoms with E-state index in [-0.39, 0.29) is 6.29 Å². The fourth-order valence-electron chi connectivity index (χ4n) is 2.78. The van der Waals surface area contributed by atoms with Crippen LogP contribution < -0.4 is 5.32 Å². The van der Waals surface area contributed by atoms with Gasteiger partial charge in [0.05, 0.1) is 5.69 Å². The van der Waals surface area contributed by atoms with Crippen LogP contribution in [0.3, 0.4) is 0 Å². The van der Waals surface area contributed by atoms with Gasteiger partial charge in [0.1, 0.15) is 0 Å². The molecule has 0 saturated carbocycles. The van der Waals surface area contributed by atoms with Gasteiger partial charge in [-0.05, 0) is 37.1 Å². The van der Waals surface area contributed by atoms with Crippen LogP contribution in [0.25, 0.3) is 11.3 Å². The van der Waals surface area contributed by atoms with Crippen LogP contribution >= 0.6 is 0 Å². The van der Waals surface area contributed by atoms with Crippen molar-refractivity contribution in [2.24, 2.45) is 0 Å². The lowest BCUT2D eigenvalue weighted by Gasteiger charge is -2.16. The number of benzene rings is 1. The molecule has 0 aliphatic carbocycles. The molecular weight excluding hydrogens is 264 g/mol. The Morgan fingerprint density at radius 1 is 1.33 bits per heavy atom. The largest absolute Gasteiger partial charge is 0.384 e. The van der Waals surface area contributed by atoms with Gasteiger partial charge in [0.15, 0.2) is 6.29 Å². The summed E-state index contributed by atoms with van der Waals surface area (Å²) in [5.41, 5.74) is 5.70. The summed E-state index contributed by atoms with van der Waals surface area (Å²) in [6.07, 6.45) is 2.51. The second kappa shape index (κ2) is 6.24. The predicted molar refractivity (Wildman–Crippen MR) is 83.2 cm³/mol. The summed E-state index contributed by atoms with van der Waals surface area (Å²) in [5.74, 6) is 0.